The second kappa shape index (κ2) is 10.6. The fraction of sp³-hybridized carbons (Fsp3) is 0.444. The van der Waals surface area contributed by atoms with Crippen LogP contribution < -0.4 is 11.1 Å². The zero-order valence-electron chi connectivity index (χ0n) is 14.4. The van der Waals surface area contributed by atoms with Crippen molar-refractivity contribution in [3.63, 3.8) is 0 Å². The van der Waals surface area contributed by atoms with Crippen LogP contribution in [-0.4, -0.2) is 23.7 Å². The van der Waals surface area contributed by atoms with E-state index in [2.05, 4.69) is 11.1 Å². The number of halogens is 3. The van der Waals surface area contributed by atoms with Crippen molar-refractivity contribution in [3.8, 4) is 6.07 Å². The Bertz CT molecular complexity index is 660. The maximum atomic E-state index is 12.4. The van der Waals surface area contributed by atoms with Gasteiger partial charge in [-0.25, -0.2) is 0 Å². The number of quaternary nitrogens is 1. The van der Waals surface area contributed by atoms with Gasteiger partial charge in [0.25, 0.3) is 5.91 Å². The molecule has 1 fully saturated rings. The molecule has 0 heterocycles. The first-order valence-corrected chi connectivity index (χ1v) is 8.30. The third-order valence-electron chi connectivity index (χ3n) is 3.83. The molecule has 142 valence electrons. The molecule has 0 radical (unpaired) electrons. The highest BCUT2D eigenvalue weighted by Gasteiger charge is 2.30. The molecule has 0 saturated heterocycles. The van der Waals surface area contributed by atoms with Gasteiger partial charge in [0.1, 0.15) is 11.6 Å². The topological polar surface area (TPSA) is 101 Å². The molecular weight excluding hydrogens is 347 g/mol. The van der Waals surface area contributed by atoms with E-state index in [0.717, 1.165) is 30.3 Å². The quantitative estimate of drug-likeness (QED) is 0.563. The number of benzene rings is 1. The standard InChI is InChI=1S/C12H9F3N2O2.C6H13N/c13-12(14,15)9-2-1-3-10(6-9)17-11(19)8(7-16)4-5-18;7-6-4-2-1-3-5-6/h1-4,6,18H,5H2,(H,17,19);6H,1-5,7H2/p+1. The number of nitrogens with zero attached hydrogens (tertiary/aromatic N) is 1. The fourth-order valence-corrected chi connectivity index (χ4v) is 2.44. The van der Waals surface area contributed by atoms with Crippen molar-refractivity contribution in [1.29, 1.82) is 5.26 Å². The maximum absolute atomic E-state index is 12.4. The molecule has 1 amide bonds. The number of amides is 1. The molecule has 8 heteroatoms. The number of anilines is 1. The number of aliphatic hydroxyl groups excluding tert-OH is 1. The third-order valence-corrected chi connectivity index (χ3v) is 3.83. The van der Waals surface area contributed by atoms with Crippen molar-refractivity contribution in [2.75, 3.05) is 11.9 Å². The van der Waals surface area contributed by atoms with Gasteiger partial charge in [0.05, 0.1) is 18.2 Å². The van der Waals surface area contributed by atoms with Gasteiger partial charge in [-0.3, -0.25) is 4.79 Å². The predicted molar refractivity (Wildman–Crippen MR) is 90.6 cm³/mol. The molecule has 0 aromatic heterocycles. The molecule has 5 nitrogen and oxygen atoms in total. The first-order chi connectivity index (χ1) is 12.3. The summed E-state index contributed by atoms with van der Waals surface area (Å²) >= 11 is 0. The van der Waals surface area contributed by atoms with E-state index in [-0.39, 0.29) is 11.3 Å². The van der Waals surface area contributed by atoms with Gasteiger partial charge in [-0.05, 0) is 50.0 Å². The van der Waals surface area contributed by atoms with Crippen LogP contribution in [0.15, 0.2) is 35.9 Å². The van der Waals surface area contributed by atoms with Crippen molar-refractivity contribution in [2.45, 2.75) is 44.3 Å². The number of alkyl halides is 3. The van der Waals surface area contributed by atoms with E-state index < -0.39 is 24.3 Å². The Labute approximate surface area is 150 Å². The number of nitriles is 1. The molecule has 0 atom stereocenters. The van der Waals surface area contributed by atoms with Crippen LogP contribution in [-0.2, 0) is 11.0 Å². The van der Waals surface area contributed by atoms with E-state index in [1.807, 2.05) is 0 Å². The molecule has 1 aliphatic rings. The van der Waals surface area contributed by atoms with Gasteiger partial charge in [-0.2, -0.15) is 18.4 Å². The average Bonchev–Trinajstić information content (AvgIpc) is 2.60. The van der Waals surface area contributed by atoms with Crippen molar-refractivity contribution in [3.05, 3.63) is 41.5 Å². The maximum Gasteiger partial charge on any atom is 0.416 e. The first-order valence-electron chi connectivity index (χ1n) is 8.30. The Kier molecular flexibility index (Phi) is 8.82. The van der Waals surface area contributed by atoms with Crippen molar-refractivity contribution >= 4 is 11.6 Å². The van der Waals surface area contributed by atoms with Gasteiger partial charge in [0.15, 0.2) is 0 Å². The number of hydrogen-bond donors (Lipinski definition) is 3. The molecule has 1 aromatic rings. The van der Waals surface area contributed by atoms with E-state index in [1.54, 1.807) is 0 Å². The summed E-state index contributed by atoms with van der Waals surface area (Å²) in [6, 6.07) is 6.35. The molecule has 0 spiro atoms. The SMILES string of the molecule is N#CC(=CCO)C(=O)Nc1cccc(C(F)(F)F)c1.[NH3+]C1CCCCC1. The van der Waals surface area contributed by atoms with Gasteiger partial charge in [-0.15, -0.1) is 0 Å². The van der Waals surface area contributed by atoms with Gasteiger partial charge >= 0.3 is 6.18 Å². The van der Waals surface area contributed by atoms with Crippen LogP contribution in [0.4, 0.5) is 18.9 Å². The number of rotatable bonds is 3. The van der Waals surface area contributed by atoms with Crippen molar-refractivity contribution < 1.29 is 28.8 Å². The first kappa shape index (κ1) is 21.7. The second-order valence-corrected chi connectivity index (χ2v) is 5.95. The van der Waals surface area contributed by atoms with Gasteiger partial charge in [0.2, 0.25) is 0 Å². The Morgan fingerprint density at radius 1 is 1.35 bits per heavy atom. The molecule has 0 bridgehead atoms. The predicted octanol–water partition coefficient (Wildman–Crippen LogP) is 2.65. The van der Waals surface area contributed by atoms with Crippen LogP contribution in [0.2, 0.25) is 0 Å². The minimum atomic E-state index is -4.51. The molecule has 1 aromatic carbocycles. The minimum absolute atomic E-state index is 0.0843. The lowest BCUT2D eigenvalue weighted by atomic mass is 9.97. The second-order valence-electron chi connectivity index (χ2n) is 5.95. The fourth-order valence-electron chi connectivity index (χ4n) is 2.44. The summed E-state index contributed by atoms with van der Waals surface area (Å²) in [5.74, 6) is -0.879. The highest BCUT2D eigenvalue weighted by atomic mass is 19.4. The van der Waals surface area contributed by atoms with Gasteiger partial charge in [0, 0.05) is 5.69 Å². The molecule has 1 aliphatic carbocycles. The zero-order valence-corrected chi connectivity index (χ0v) is 14.4. The third kappa shape index (κ3) is 7.68. The molecular formula is C18H23F3N3O2+. The Morgan fingerprint density at radius 3 is 2.46 bits per heavy atom. The Hall–Kier alpha value is -2.37. The van der Waals surface area contributed by atoms with E-state index in [4.69, 9.17) is 10.4 Å². The molecule has 5 N–H and O–H groups in total. The molecule has 26 heavy (non-hydrogen) atoms. The monoisotopic (exact) mass is 370 g/mol. The number of hydrogen-bond acceptors (Lipinski definition) is 3. The lowest BCUT2D eigenvalue weighted by Crippen LogP contribution is -2.61. The number of carbonyl (C=O) groups is 1. The van der Waals surface area contributed by atoms with E-state index in [9.17, 15) is 18.0 Å². The van der Waals surface area contributed by atoms with Crippen LogP contribution in [0, 0.1) is 11.3 Å². The largest absolute Gasteiger partial charge is 0.416 e. The van der Waals surface area contributed by atoms with Crippen molar-refractivity contribution in [1.82, 2.24) is 0 Å². The number of nitrogens with one attached hydrogen (secondary N) is 1. The highest BCUT2D eigenvalue weighted by Crippen LogP contribution is 2.30. The van der Waals surface area contributed by atoms with Crippen LogP contribution in [0.25, 0.3) is 0 Å². The normalized spacial score (nSPS) is 15.5. The summed E-state index contributed by atoms with van der Waals surface area (Å²) in [5.41, 5.74) is 2.63. The summed E-state index contributed by atoms with van der Waals surface area (Å²) in [5, 5.41) is 19.3. The van der Waals surface area contributed by atoms with Crippen LogP contribution in [0.5, 0.6) is 0 Å². The highest BCUT2D eigenvalue weighted by molar-refractivity contribution is 6.06. The summed E-state index contributed by atoms with van der Waals surface area (Å²) in [6.07, 6.45) is 3.50. The summed E-state index contributed by atoms with van der Waals surface area (Å²) in [7, 11) is 0. The lowest BCUT2D eigenvalue weighted by molar-refractivity contribution is -0.425. The van der Waals surface area contributed by atoms with E-state index >= 15 is 0 Å². The summed E-state index contributed by atoms with van der Waals surface area (Å²) < 4.78 is 37.3. The Morgan fingerprint density at radius 2 is 2.00 bits per heavy atom. The zero-order chi connectivity index (χ0) is 19.6. The molecule has 2 rings (SSSR count). The van der Waals surface area contributed by atoms with Crippen LogP contribution in [0.3, 0.4) is 0 Å². The van der Waals surface area contributed by atoms with Gasteiger partial charge < -0.3 is 16.2 Å². The molecule has 0 aliphatic heterocycles. The smallest absolute Gasteiger partial charge is 0.392 e. The van der Waals surface area contributed by atoms with E-state index in [0.29, 0.717) is 0 Å². The number of carbonyl (C=O) groups excluding carboxylic acids is 1. The van der Waals surface area contributed by atoms with Gasteiger partial charge in [-0.1, -0.05) is 12.5 Å². The van der Waals surface area contributed by atoms with Crippen LogP contribution >= 0.6 is 0 Å². The molecule has 1 saturated carbocycles. The summed E-state index contributed by atoms with van der Waals surface area (Å²) in [6.45, 7) is -0.515. The summed E-state index contributed by atoms with van der Waals surface area (Å²) in [4.78, 5) is 11.5. The molecule has 0 unspecified atom stereocenters. The average molecular weight is 370 g/mol. The number of aliphatic hydroxyl groups is 1. The van der Waals surface area contributed by atoms with Crippen molar-refractivity contribution in [2.24, 2.45) is 0 Å². The van der Waals surface area contributed by atoms with E-state index in [1.165, 1.54) is 44.2 Å². The minimum Gasteiger partial charge on any atom is -0.392 e. The van der Waals surface area contributed by atoms with Crippen LogP contribution in [0.1, 0.15) is 37.7 Å². The lowest BCUT2D eigenvalue weighted by Gasteiger charge is -2.12. The Balaban J connectivity index is 0.000000401.